The molecule has 0 saturated heterocycles. The van der Waals surface area contributed by atoms with Gasteiger partial charge in [0.1, 0.15) is 5.75 Å². The van der Waals surface area contributed by atoms with Crippen molar-refractivity contribution in [1.29, 1.82) is 0 Å². The summed E-state index contributed by atoms with van der Waals surface area (Å²) in [5, 5.41) is 14.3. The Kier molecular flexibility index (Phi) is 6.26. The standard InChI is InChI=1S/C22H17ClN2O4/c1-29-21-11-10-17(23)14-20(21)24-22(26)19(16-7-3-2-4-8-16)13-15-6-5-9-18(12-15)25(27)28/h2-14H,1H3,(H,24,26). The van der Waals surface area contributed by atoms with Gasteiger partial charge in [-0.2, -0.15) is 0 Å². The number of carbonyl (C=O) groups excluding carboxylic acids is 1. The van der Waals surface area contributed by atoms with E-state index < -0.39 is 10.8 Å². The Hall–Kier alpha value is -3.64. The van der Waals surface area contributed by atoms with E-state index in [0.717, 1.165) is 0 Å². The van der Waals surface area contributed by atoms with Crippen molar-refractivity contribution < 1.29 is 14.5 Å². The predicted molar refractivity (Wildman–Crippen MR) is 114 cm³/mol. The zero-order valence-corrected chi connectivity index (χ0v) is 16.2. The van der Waals surface area contributed by atoms with E-state index >= 15 is 0 Å². The van der Waals surface area contributed by atoms with Crippen LogP contribution in [-0.2, 0) is 4.79 Å². The molecule has 3 rings (SSSR count). The minimum atomic E-state index is -0.476. The fourth-order valence-electron chi connectivity index (χ4n) is 2.76. The van der Waals surface area contributed by atoms with Crippen molar-refractivity contribution in [2.75, 3.05) is 12.4 Å². The molecule has 0 heterocycles. The second-order valence-corrected chi connectivity index (χ2v) is 6.51. The number of rotatable bonds is 6. The van der Waals surface area contributed by atoms with E-state index in [1.807, 2.05) is 18.2 Å². The topological polar surface area (TPSA) is 81.5 Å². The molecule has 6 nitrogen and oxygen atoms in total. The molecule has 0 radical (unpaired) electrons. The third kappa shape index (κ3) is 5.00. The van der Waals surface area contributed by atoms with Crippen molar-refractivity contribution >= 4 is 40.5 Å². The van der Waals surface area contributed by atoms with Crippen molar-refractivity contribution in [3.05, 3.63) is 99.1 Å². The maximum Gasteiger partial charge on any atom is 0.270 e. The van der Waals surface area contributed by atoms with Gasteiger partial charge in [0, 0.05) is 22.7 Å². The van der Waals surface area contributed by atoms with Crippen LogP contribution in [0.5, 0.6) is 5.75 Å². The van der Waals surface area contributed by atoms with E-state index in [0.29, 0.717) is 33.2 Å². The minimum Gasteiger partial charge on any atom is -0.495 e. The number of benzene rings is 3. The van der Waals surface area contributed by atoms with Gasteiger partial charge >= 0.3 is 0 Å². The first-order valence-electron chi connectivity index (χ1n) is 8.64. The summed E-state index contributed by atoms with van der Waals surface area (Å²) in [4.78, 5) is 23.7. The van der Waals surface area contributed by atoms with Crippen LogP contribution in [0.3, 0.4) is 0 Å². The van der Waals surface area contributed by atoms with Crippen molar-refractivity contribution in [2.24, 2.45) is 0 Å². The van der Waals surface area contributed by atoms with E-state index in [9.17, 15) is 14.9 Å². The summed E-state index contributed by atoms with van der Waals surface area (Å²) in [5.41, 5.74) is 1.91. The first kappa shape index (κ1) is 20.1. The molecule has 0 spiro atoms. The van der Waals surface area contributed by atoms with Gasteiger partial charge in [0.15, 0.2) is 0 Å². The molecular weight excluding hydrogens is 392 g/mol. The molecule has 0 bridgehead atoms. The number of ether oxygens (including phenoxy) is 1. The van der Waals surface area contributed by atoms with Crippen LogP contribution in [0.1, 0.15) is 11.1 Å². The van der Waals surface area contributed by atoms with Crippen LogP contribution in [0.2, 0.25) is 5.02 Å². The lowest BCUT2D eigenvalue weighted by molar-refractivity contribution is -0.384. The zero-order valence-electron chi connectivity index (χ0n) is 15.5. The fraction of sp³-hybridized carbons (Fsp3) is 0.0455. The molecular formula is C22H17ClN2O4. The van der Waals surface area contributed by atoms with Gasteiger partial charge in [-0.15, -0.1) is 0 Å². The monoisotopic (exact) mass is 408 g/mol. The van der Waals surface area contributed by atoms with E-state index in [4.69, 9.17) is 16.3 Å². The number of nitrogens with zero attached hydrogens (tertiary/aromatic N) is 1. The first-order chi connectivity index (χ1) is 14.0. The molecule has 0 aliphatic carbocycles. The number of nitro benzene ring substituents is 1. The van der Waals surface area contributed by atoms with Crippen molar-refractivity contribution in [2.45, 2.75) is 0 Å². The number of methoxy groups -OCH3 is 1. The lowest BCUT2D eigenvalue weighted by Gasteiger charge is -2.13. The molecule has 0 saturated carbocycles. The molecule has 0 unspecified atom stereocenters. The minimum absolute atomic E-state index is 0.0527. The summed E-state index contributed by atoms with van der Waals surface area (Å²) in [7, 11) is 1.50. The Morgan fingerprint density at radius 3 is 2.52 bits per heavy atom. The normalized spacial score (nSPS) is 11.0. The number of hydrogen-bond donors (Lipinski definition) is 1. The first-order valence-corrected chi connectivity index (χ1v) is 9.02. The molecule has 3 aromatic rings. The number of non-ortho nitro benzene ring substituents is 1. The number of nitrogens with one attached hydrogen (secondary N) is 1. The highest BCUT2D eigenvalue weighted by Gasteiger charge is 2.16. The summed E-state index contributed by atoms with van der Waals surface area (Å²) in [6, 6.07) is 20.0. The molecule has 0 aromatic heterocycles. The number of amides is 1. The number of anilines is 1. The maximum absolute atomic E-state index is 13.1. The number of halogens is 1. The molecule has 0 aliphatic rings. The van der Waals surface area contributed by atoms with E-state index in [1.165, 1.54) is 19.2 Å². The summed E-state index contributed by atoms with van der Waals surface area (Å²) in [5.74, 6) is 0.0637. The summed E-state index contributed by atoms with van der Waals surface area (Å²) >= 11 is 6.05. The molecule has 146 valence electrons. The summed E-state index contributed by atoms with van der Waals surface area (Å²) < 4.78 is 5.28. The second-order valence-electron chi connectivity index (χ2n) is 6.07. The van der Waals surface area contributed by atoms with Gasteiger partial charge in [0.25, 0.3) is 11.6 Å². The number of hydrogen-bond acceptors (Lipinski definition) is 4. The fourth-order valence-corrected chi connectivity index (χ4v) is 2.93. The van der Waals surface area contributed by atoms with Gasteiger partial charge in [0.2, 0.25) is 0 Å². The van der Waals surface area contributed by atoms with Gasteiger partial charge < -0.3 is 10.1 Å². The quantitative estimate of drug-likeness (QED) is 0.255. The Balaban J connectivity index is 2.03. The van der Waals surface area contributed by atoms with Crippen LogP contribution in [0, 0.1) is 10.1 Å². The van der Waals surface area contributed by atoms with Crippen LogP contribution >= 0.6 is 11.6 Å². The molecule has 1 amide bonds. The van der Waals surface area contributed by atoms with E-state index in [-0.39, 0.29) is 5.69 Å². The smallest absolute Gasteiger partial charge is 0.270 e. The van der Waals surface area contributed by atoms with Gasteiger partial charge in [-0.3, -0.25) is 14.9 Å². The van der Waals surface area contributed by atoms with Crippen LogP contribution in [0.25, 0.3) is 11.6 Å². The molecule has 0 atom stereocenters. The van der Waals surface area contributed by atoms with Crippen molar-refractivity contribution in [3.63, 3.8) is 0 Å². The van der Waals surface area contributed by atoms with Gasteiger partial charge in [0.05, 0.1) is 17.7 Å². The lowest BCUT2D eigenvalue weighted by Crippen LogP contribution is -2.14. The van der Waals surface area contributed by atoms with Crippen molar-refractivity contribution in [1.82, 2.24) is 0 Å². The molecule has 7 heteroatoms. The van der Waals surface area contributed by atoms with Gasteiger partial charge in [-0.05, 0) is 35.4 Å². The Bertz CT molecular complexity index is 1080. The Labute approximate surface area is 172 Å². The predicted octanol–water partition coefficient (Wildman–Crippen LogP) is 5.44. The van der Waals surface area contributed by atoms with Crippen molar-refractivity contribution in [3.8, 4) is 5.75 Å². The zero-order chi connectivity index (χ0) is 20.8. The summed E-state index contributed by atoms with van der Waals surface area (Å²) in [6.45, 7) is 0. The van der Waals surface area contributed by atoms with Crippen LogP contribution in [0.4, 0.5) is 11.4 Å². The average Bonchev–Trinajstić information content (AvgIpc) is 2.73. The van der Waals surface area contributed by atoms with E-state index in [1.54, 1.807) is 48.5 Å². The van der Waals surface area contributed by atoms with Gasteiger partial charge in [-0.25, -0.2) is 0 Å². The maximum atomic E-state index is 13.1. The molecule has 1 N–H and O–H groups in total. The molecule has 0 fully saturated rings. The highest BCUT2D eigenvalue weighted by molar-refractivity contribution is 6.32. The number of nitro groups is 1. The van der Waals surface area contributed by atoms with Gasteiger partial charge in [-0.1, -0.05) is 54.1 Å². The Morgan fingerprint density at radius 2 is 1.83 bits per heavy atom. The molecule has 3 aromatic carbocycles. The summed E-state index contributed by atoms with van der Waals surface area (Å²) in [6.07, 6.45) is 1.61. The van der Waals surface area contributed by atoms with Crippen LogP contribution in [-0.4, -0.2) is 17.9 Å². The molecule has 0 aliphatic heterocycles. The average molecular weight is 409 g/mol. The molecule has 29 heavy (non-hydrogen) atoms. The third-order valence-corrected chi connectivity index (χ3v) is 4.37. The number of carbonyl (C=O) groups is 1. The third-order valence-electron chi connectivity index (χ3n) is 4.13. The second kappa shape index (κ2) is 9.03. The largest absolute Gasteiger partial charge is 0.495 e. The highest BCUT2D eigenvalue weighted by Crippen LogP contribution is 2.29. The van der Waals surface area contributed by atoms with Crippen LogP contribution < -0.4 is 10.1 Å². The SMILES string of the molecule is COc1ccc(Cl)cc1NC(=O)C(=Cc1cccc([N+](=O)[O-])c1)c1ccccc1. The van der Waals surface area contributed by atoms with E-state index in [2.05, 4.69) is 5.32 Å². The highest BCUT2D eigenvalue weighted by atomic mass is 35.5. The van der Waals surface area contributed by atoms with Crippen LogP contribution in [0.15, 0.2) is 72.8 Å². The lowest BCUT2D eigenvalue weighted by atomic mass is 10.0. The Morgan fingerprint density at radius 1 is 1.07 bits per heavy atom.